The molecule has 0 aromatic heterocycles. The number of rotatable bonds is 10. The first-order valence-corrected chi connectivity index (χ1v) is 7.15. The third-order valence-corrected chi connectivity index (χ3v) is 2.90. The van der Waals surface area contributed by atoms with Crippen molar-refractivity contribution in [3.8, 4) is 0 Å². The lowest BCUT2D eigenvalue weighted by Gasteiger charge is -2.27. The molecule has 0 saturated heterocycles. The van der Waals surface area contributed by atoms with E-state index < -0.39 is 11.7 Å². The van der Waals surface area contributed by atoms with Crippen molar-refractivity contribution in [3.63, 3.8) is 0 Å². The van der Waals surface area contributed by atoms with Gasteiger partial charge >= 0.3 is 0 Å². The molecular weight excluding hydrogens is 228 g/mol. The van der Waals surface area contributed by atoms with Crippen LogP contribution in [-0.2, 0) is 14.3 Å². The molecule has 0 bridgehead atoms. The van der Waals surface area contributed by atoms with Gasteiger partial charge in [-0.15, -0.1) is 0 Å². The molecule has 0 aromatic rings. The van der Waals surface area contributed by atoms with Crippen molar-refractivity contribution in [2.45, 2.75) is 85.0 Å². The second kappa shape index (κ2) is 8.65. The summed E-state index contributed by atoms with van der Waals surface area (Å²) in [5.41, 5.74) is -0.749. The quantitative estimate of drug-likeness (QED) is 0.560. The molecule has 0 aliphatic rings. The summed E-state index contributed by atoms with van der Waals surface area (Å²) >= 11 is 0. The summed E-state index contributed by atoms with van der Waals surface area (Å²) in [6.45, 7) is 12.1. The molecule has 0 N–H and O–H groups in total. The van der Waals surface area contributed by atoms with Crippen molar-refractivity contribution in [3.05, 3.63) is 0 Å². The van der Waals surface area contributed by atoms with E-state index in [9.17, 15) is 4.79 Å². The third-order valence-electron chi connectivity index (χ3n) is 2.90. The summed E-state index contributed by atoms with van der Waals surface area (Å²) < 4.78 is 11.2. The monoisotopic (exact) mass is 258 g/mol. The minimum atomic E-state index is -0.749. The molecular formula is C15H30O3. The van der Waals surface area contributed by atoms with Crippen LogP contribution in [0.25, 0.3) is 0 Å². The number of carbonyl (C=O) groups is 1. The molecule has 108 valence electrons. The van der Waals surface area contributed by atoms with Crippen LogP contribution in [0.3, 0.4) is 0 Å². The van der Waals surface area contributed by atoms with Crippen LogP contribution in [0.15, 0.2) is 0 Å². The van der Waals surface area contributed by atoms with Crippen LogP contribution in [0.5, 0.6) is 0 Å². The normalized spacial score (nSPS) is 13.9. The van der Waals surface area contributed by atoms with Crippen molar-refractivity contribution in [2.24, 2.45) is 0 Å². The standard InChI is InChI=1S/C15H30O3/c1-7-8-9-10-11-17-15(5,6)14(16)13(4)18-12(2)3/h12-13H,7-11H2,1-6H3. The fourth-order valence-corrected chi connectivity index (χ4v) is 1.89. The van der Waals surface area contributed by atoms with Crippen LogP contribution in [0, 0.1) is 0 Å². The Labute approximate surface area is 112 Å². The smallest absolute Gasteiger partial charge is 0.192 e. The topological polar surface area (TPSA) is 35.5 Å². The van der Waals surface area contributed by atoms with Crippen LogP contribution in [0.2, 0.25) is 0 Å². The van der Waals surface area contributed by atoms with Gasteiger partial charge in [-0.1, -0.05) is 26.2 Å². The van der Waals surface area contributed by atoms with E-state index in [0.29, 0.717) is 6.61 Å². The van der Waals surface area contributed by atoms with Gasteiger partial charge in [0, 0.05) is 6.61 Å². The van der Waals surface area contributed by atoms with Crippen molar-refractivity contribution in [1.29, 1.82) is 0 Å². The van der Waals surface area contributed by atoms with Crippen LogP contribution in [0.4, 0.5) is 0 Å². The zero-order valence-electron chi connectivity index (χ0n) is 12.9. The fourth-order valence-electron chi connectivity index (χ4n) is 1.89. The maximum absolute atomic E-state index is 12.2. The molecule has 0 spiro atoms. The lowest BCUT2D eigenvalue weighted by Crippen LogP contribution is -2.43. The first kappa shape index (κ1) is 17.6. The molecule has 3 heteroatoms. The molecule has 0 aliphatic carbocycles. The van der Waals surface area contributed by atoms with Gasteiger partial charge in [0.2, 0.25) is 0 Å². The van der Waals surface area contributed by atoms with E-state index in [2.05, 4.69) is 6.92 Å². The van der Waals surface area contributed by atoms with Gasteiger partial charge in [-0.25, -0.2) is 0 Å². The second-order valence-corrected chi connectivity index (χ2v) is 5.61. The van der Waals surface area contributed by atoms with Crippen molar-refractivity contribution >= 4 is 5.78 Å². The van der Waals surface area contributed by atoms with Crippen LogP contribution >= 0.6 is 0 Å². The molecule has 0 radical (unpaired) electrons. The highest BCUT2D eigenvalue weighted by Crippen LogP contribution is 2.16. The van der Waals surface area contributed by atoms with E-state index in [1.807, 2.05) is 27.7 Å². The summed E-state index contributed by atoms with van der Waals surface area (Å²) in [6.07, 6.45) is 4.27. The number of Topliss-reactive ketones (excluding diaryl/α,β-unsaturated/α-hetero) is 1. The number of hydrogen-bond donors (Lipinski definition) is 0. The highest BCUT2D eigenvalue weighted by Gasteiger charge is 2.33. The summed E-state index contributed by atoms with van der Waals surface area (Å²) in [5, 5.41) is 0. The Bertz CT molecular complexity index is 234. The number of ketones is 1. The Morgan fingerprint density at radius 1 is 1.11 bits per heavy atom. The minimum Gasteiger partial charge on any atom is -0.368 e. The molecule has 0 amide bonds. The van der Waals surface area contributed by atoms with Crippen LogP contribution in [0.1, 0.15) is 67.2 Å². The zero-order chi connectivity index (χ0) is 14.2. The maximum atomic E-state index is 12.2. The highest BCUT2D eigenvalue weighted by molar-refractivity contribution is 5.90. The zero-order valence-corrected chi connectivity index (χ0v) is 12.9. The number of carbonyl (C=O) groups excluding carboxylic acids is 1. The van der Waals surface area contributed by atoms with Gasteiger partial charge in [0.05, 0.1) is 6.10 Å². The Hall–Kier alpha value is -0.410. The average Bonchev–Trinajstić information content (AvgIpc) is 2.26. The minimum absolute atomic E-state index is 0.0201. The Kier molecular flexibility index (Phi) is 8.45. The molecule has 0 heterocycles. The fraction of sp³-hybridized carbons (Fsp3) is 0.933. The molecule has 1 atom stereocenters. The molecule has 1 unspecified atom stereocenters. The van der Waals surface area contributed by atoms with Crippen LogP contribution in [-0.4, -0.2) is 30.2 Å². The van der Waals surface area contributed by atoms with E-state index in [4.69, 9.17) is 9.47 Å². The van der Waals surface area contributed by atoms with Gasteiger partial charge in [0.25, 0.3) is 0 Å². The van der Waals surface area contributed by atoms with Crippen molar-refractivity contribution < 1.29 is 14.3 Å². The van der Waals surface area contributed by atoms with Crippen molar-refractivity contribution in [1.82, 2.24) is 0 Å². The Morgan fingerprint density at radius 2 is 1.72 bits per heavy atom. The Balaban J connectivity index is 4.06. The average molecular weight is 258 g/mol. The van der Waals surface area contributed by atoms with Gasteiger partial charge in [0.1, 0.15) is 11.7 Å². The molecule has 0 fully saturated rings. The summed E-state index contributed by atoms with van der Waals surface area (Å²) in [6, 6.07) is 0. The van der Waals surface area contributed by atoms with Crippen LogP contribution < -0.4 is 0 Å². The van der Waals surface area contributed by atoms with Gasteiger partial charge in [-0.3, -0.25) is 4.79 Å². The first-order valence-electron chi connectivity index (χ1n) is 7.15. The second-order valence-electron chi connectivity index (χ2n) is 5.61. The molecule has 0 saturated carbocycles. The summed E-state index contributed by atoms with van der Waals surface area (Å²) in [5.74, 6) is 0.0201. The number of ether oxygens (including phenoxy) is 2. The summed E-state index contributed by atoms with van der Waals surface area (Å²) in [4.78, 5) is 12.2. The van der Waals surface area contributed by atoms with E-state index in [1.165, 1.54) is 19.3 Å². The SMILES string of the molecule is CCCCCCOC(C)(C)C(=O)C(C)OC(C)C. The number of unbranched alkanes of at least 4 members (excludes halogenated alkanes) is 3. The lowest BCUT2D eigenvalue weighted by molar-refractivity contribution is -0.154. The molecule has 0 aromatic carbocycles. The van der Waals surface area contributed by atoms with Gasteiger partial charge in [-0.2, -0.15) is 0 Å². The number of hydrogen-bond acceptors (Lipinski definition) is 3. The van der Waals surface area contributed by atoms with Gasteiger partial charge in [0.15, 0.2) is 5.78 Å². The molecule has 0 aliphatic heterocycles. The molecule has 3 nitrogen and oxygen atoms in total. The van der Waals surface area contributed by atoms with Gasteiger partial charge < -0.3 is 9.47 Å². The first-order chi connectivity index (χ1) is 8.31. The van der Waals surface area contributed by atoms with Gasteiger partial charge in [-0.05, 0) is 41.0 Å². The van der Waals surface area contributed by atoms with Crippen molar-refractivity contribution in [2.75, 3.05) is 6.61 Å². The predicted octanol–water partition coefficient (Wildman–Crippen LogP) is 3.74. The van der Waals surface area contributed by atoms with E-state index in [1.54, 1.807) is 6.92 Å². The maximum Gasteiger partial charge on any atom is 0.192 e. The third kappa shape index (κ3) is 7.12. The van der Waals surface area contributed by atoms with E-state index in [-0.39, 0.29) is 11.9 Å². The highest BCUT2D eigenvalue weighted by atomic mass is 16.5. The van der Waals surface area contributed by atoms with E-state index in [0.717, 1.165) is 6.42 Å². The van der Waals surface area contributed by atoms with E-state index >= 15 is 0 Å². The molecule has 0 rings (SSSR count). The predicted molar refractivity (Wildman–Crippen MR) is 74.9 cm³/mol. The largest absolute Gasteiger partial charge is 0.368 e. The lowest BCUT2D eigenvalue weighted by atomic mass is 9.99. The summed E-state index contributed by atoms with van der Waals surface area (Å²) in [7, 11) is 0. The molecule has 18 heavy (non-hydrogen) atoms. The Morgan fingerprint density at radius 3 is 2.22 bits per heavy atom.